The molecule has 1 aromatic heterocycles. The molecule has 0 spiro atoms. The van der Waals surface area contributed by atoms with Crippen LogP contribution in [0.15, 0.2) is 29.2 Å². The highest BCUT2D eigenvalue weighted by atomic mass is 32.2. The number of benzene rings is 1. The van der Waals surface area contributed by atoms with Crippen molar-refractivity contribution in [3.63, 3.8) is 0 Å². The maximum absolute atomic E-state index is 12.5. The summed E-state index contributed by atoms with van der Waals surface area (Å²) >= 11 is 1.34. The Labute approximate surface area is 144 Å². The van der Waals surface area contributed by atoms with Gasteiger partial charge in [-0.15, -0.1) is 10.2 Å². The Morgan fingerprint density at radius 2 is 1.96 bits per heavy atom. The monoisotopic (exact) mass is 366 g/mol. The van der Waals surface area contributed by atoms with Gasteiger partial charge < -0.3 is 0 Å². The fraction of sp³-hybridized carbons (Fsp3) is 0.400. The number of anilines is 1. The summed E-state index contributed by atoms with van der Waals surface area (Å²) < 4.78 is 25.9. The molecule has 1 amide bonds. The third kappa shape index (κ3) is 3.80. The molecule has 0 atom stereocenters. The fourth-order valence-electron chi connectivity index (χ4n) is 2.12. The van der Waals surface area contributed by atoms with Crippen molar-refractivity contribution < 1.29 is 13.2 Å². The van der Waals surface area contributed by atoms with Gasteiger partial charge in [-0.1, -0.05) is 29.0 Å². The van der Waals surface area contributed by atoms with Crippen LogP contribution in [0.1, 0.15) is 29.3 Å². The van der Waals surface area contributed by atoms with Crippen LogP contribution >= 0.6 is 11.3 Å². The van der Waals surface area contributed by atoms with Crippen LogP contribution in [0.5, 0.6) is 0 Å². The van der Waals surface area contributed by atoms with Crippen LogP contribution in [0.25, 0.3) is 0 Å². The van der Waals surface area contributed by atoms with Crippen LogP contribution in [0.4, 0.5) is 5.13 Å². The van der Waals surface area contributed by atoms with Crippen molar-refractivity contribution in [2.24, 2.45) is 0 Å². The summed E-state index contributed by atoms with van der Waals surface area (Å²) in [6.07, 6.45) is 2.22. The number of aryl methyl sites for hydroxylation is 1. The molecule has 1 aliphatic rings. The van der Waals surface area contributed by atoms with E-state index in [1.54, 1.807) is 12.1 Å². The fourth-order valence-corrected chi connectivity index (χ4v) is 4.17. The summed E-state index contributed by atoms with van der Waals surface area (Å²) in [5, 5.41) is 11.9. The smallest absolute Gasteiger partial charge is 0.243 e. The summed E-state index contributed by atoms with van der Waals surface area (Å²) in [5.41, 5.74) is 0.970. The average Bonchev–Trinajstić information content (AvgIpc) is 3.28. The molecule has 1 fully saturated rings. The molecule has 1 aromatic carbocycles. The van der Waals surface area contributed by atoms with E-state index in [1.165, 1.54) is 30.5 Å². The molecule has 0 aliphatic heterocycles. The number of rotatable bonds is 6. The number of sulfonamides is 1. The van der Waals surface area contributed by atoms with Gasteiger partial charge in [-0.05, 0) is 31.9 Å². The number of nitrogens with zero attached hydrogens (tertiary/aromatic N) is 3. The topological polar surface area (TPSA) is 92.3 Å². The van der Waals surface area contributed by atoms with E-state index in [1.807, 2.05) is 6.92 Å². The molecule has 1 saturated carbocycles. The molecular formula is C15H18N4O3S2. The summed E-state index contributed by atoms with van der Waals surface area (Å²) in [6, 6.07) is 6.51. The zero-order valence-corrected chi connectivity index (χ0v) is 15.0. The Kier molecular flexibility index (Phi) is 4.66. The SMILES string of the molecule is Cc1ccc(S(=O)(=O)N(C)CC(=O)Nc2nnc(C3CC3)s2)cc1. The molecular weight excluding hydrogens is 348 g/mol. The minimum atomic E-state index is -3.70. The van der Waals surface area contributed by atoms with Crippen LogP contribution < -0.4 is 5.32 Å². The predicted octanol–water partition coefficient (Wildman–Crippen LogP) is 1.98. The highest BCUT2D eigenvalue weighted by molar-refractivity contribution is 7.89. The number of nitrogens with one attached hydrogen (secondary N) is 1. The second-order valence-electron chi connectivity index (χ2n) is 5.84. The minimum Gasteiger partial charge on any atom is -0.299 e. The quantitative estimate of drug-likeness (QED) is 0.844. The van der Waals surface area contributed by atoms with Gasteiger partial charge in [0.2, 0.25) is 21.1 Å². The maximum Gasteiger partial charge on any atom is 0.243 e. The van der Waals surface area contributed by atoms with Gasteiger partial charge in [-0.25, -0.2) is 8.42 Å². The van der Waals surface area contributed by atoms with Gasteiger partial charge >= 0.3 is 0 Å². The van der Waals surface area contributed by atoms with Crippen LogP contribution in [0.2, 0.25) is 0 Å². The standard InChI is InChI=1S/C15H18N4O3S2/c1-10-3-7-12(8-4-10)24(21,22)19(2)9-13(20)16-15-18-17-14(23-15)11-5-6-11/h3-4,7-8,11H,5-6,9H2,1-2H3,(H,16,18,20). The molecule has 7 nitrogen and oxygen atoms in total. The van der Waals surface area contributed by atoms with E-state index in [-0.39, 0.29) is 11.4 Å². The number of hydrogen-bond acceptors (Lipinski definition) is 6. The molecule has 24 heavy (non-hydrogen) atoms. The molecule has 0 unspecified atom stereocenters. The first kappa shape index (κ1) is 17.0. The molecule has 0 bridgehead atoms. The van der Waals surface area contributed by atoms with E-state index >= 15 is 0 Å². The van der Waals surface area contributed by atoms with Gasteiger partial charge in [0.1, 0.15) is 5.01 Å². The first-order chi connectivity index (χ1) is 11.4. The molecule has 0 saturated heterocycles. The van der Waals surface area contributed by atoms with Gasteiger partial charge in [0.15, 0.2) is 0 Å². The second-order valence-corrected chi connectivity index (χ2v) is 8.90. The van der Waals surface area contributed by atoms with Crippen LogP contribution in [-0.4, -0.2) is 42.4 Å². The van der Waals surface area contributed by atoms with Crippen molar-refractivity contribution >= 4 is 32.4 Å². The number of carbonyl (C=O) groups is 1. The lowest BCUT2D eigenvalue weighted by molar-refractivity contribution is -0.116. The lowest BCUT2D eigenvalue weighted by Crippen LogP contribution is -2.34. The molecule has 128 valence electrons. The maximum atomic E-state index is 12.5. The number of amides is 1. The van der Waals surface area contributed by atoms with Crippen LogP contribution in [0, 0.1) is 6.92 Å². The highest BCUT2D eigenvalue weighted by Gasteiger charge is 2.28. The minimum absolute atomic E-state index is 0.162. The van der Waals surface area contributed by atoms with E-state index in [0.29, 0.717) is 11.0 Å². The van der Waals surface area contributed by atoms with E-state index < -0.39 is 15.9 Å². The van der Waals surface area contributed by atoms with Gasteiger partial charge in [0, 0.05) is 13.0 Å². The van der Waals surface area contributed by atoms with Crippen LogP contribution in [-0.2, 0) is 14.8 Å². The number of hydrogen-bond donors (Lipinski definition) is 1. The highest BCUT2D eigenvalue weighted by Crippen LogP contribution is 2.42. The molecule has 1 N–H and O–H groups in total. The molecule has 1 aliphatic carbocycles. The van der Waals surface area contributed by atoms with Gasteiger partial charge in [-0.3, -0.25) is 10.1 Å². The van der Waals surface area contributed by atoms with E-state index in [9.17, 15) is 13.2 Å². The van der Waals surface area contributed by atoms with Gasteiger partial charge in [0.05, 0.1) is 11.4 Å². The summed E-state index contributed by atoms with van der Waals surface area (Å²) in [6.45, 7) is 1.60. The molecule has 2 aromatic rings. The Bertz CT molecular complexity index is 842. The second kappa shape index (κ2) is 6.58. The number of aromatic nitrogens is 2. The largest absolute Gasteiger partial charge is 0.299 e. The lowest BCUT2D eigenvalue weighted by atomic mass is 10.2. The number of carbonyl (C=O) groups excluding carboxylic acids is 1. The molecule has 9 heteroatoms. The van der Waals surface area contributed by atoms with Crippen molar-refractivity contribution in [2.45, 2.75) is 30.6 Å². The number of likely N-dealkylation sites (N-methyl/N-ethyl adjacent to an activating group) is 1. The Balaban J connectivity index is 1.63. The average molecular weight is 366 g/mol. The molecule has 3 rings (SSSR count). The lowest BCUT2D eigenvalue weighted by Gasteiger charge is -2.16. The predicted molar refractivity (Wildman–Crippen MR) is 91.5 cm³/mol. The zero-order valence-electron chi connectivity index (χ0n) is 13.4. The third-order valence-corrected chi connectivity index (χ3v) is 6.53. The normalized spacial score (nSPS) is 14.8. The Morgan fingerprint density at radius 1 is 1.29 bits per heavy atom. The van der Waals surface area contributed by atoms with E-state index in [4.69, 9.17) is 0 Å². The van der Waals surface area contributed by atoms with E-state index in [2.05, 4.69) is 15.5 Å². The molecule has 1 heterocycles. The zero-order chi connectivity index (χ0) is 17.3. The summed E-state index contributed by atoms with van der Waals surface area (Å²) in [5.74, 6) is 0.0319. The first-order valence-electron chi connectivity index (χ1n) is 7.52. The molecule has 0 radical (unpaired) electrons. The van der Waals surface area contributed by atoms with Crippen LogP contribution in [0.3, 0.4) is 0 Å². The summed E-state index contributed by atoms with van der Waals surface area (Å²) in [7, 11) is -2.32. The van der Waals surface area contributed by atoms with Gasteiger partial charge in [0.25, 0.3) is 0 Å². The van der Waals surface area contributed by atoms with Crippen molar-refractivity contribution in [1.29, 1.82) is 0 Å². The summed E-state index contributed by atoms with van der Waals surface area (Å²) in [4.78, 5) is 12.2. The van der Waals surface area contributed by atoms with Crippen molar-refractivity contribution in [3.05, 3.63) is 34.8 Å². The van der Waals surface area contributed by atoms with Gasteiger partial charge in [-0.2, -0.15) is 4.31 Å². The van der Waals surface area contributed by atoms with Crippen molar-refractivity contribution in [3.8, 4) is 0 Å². The Morgan fingerprint density at radius 3 is 2.58 bits per heavy atom. The third-order valence-electron chi connectivity index (χ3n) is 3.71. The van der Waals surface area contributed by atoms with Crippen molar-refractivity contribution in [2.75, 3.05) is 18.9 Å². The first-order valence-corrected chi connectivity index (χ1v) is 9.78. The van der Waals surface area contributed by atoms with E-state index in [0.717, 1.165) is 27.7 Å². The van der Waals surface area contributed by atoms with Crippen molar-refractivity contribution in [1.82, 2.24) is 14.5 Å². The Hall–Kier alpha value is -1.84.